The highest BCUT2D eigenvalue weighted by Crippen LogP contribution is 2.29. The molecular formula is C11H11ClN2O3S. The van der Waals surface area contributed by atoms with Crippen LogP contribution in [0.3, 0.4) is 0 Å². The molecule has 7 heteroatoms. The van der Waals surface area contributed by atoms with Crippen LogP contribution in [0.15, 0.2) is 18.2 Å². The van der Waals surface area contributed by atoms with Crippen LogP contribution in [0.5, 0.6) is 11.5 Å². The lowest BCUT2D eigenvalue weighted by molar-refractivity contribution is 0.272. The Bertz CT molecular complexity index is 533. The van der Waals surface area contributed by atoms with Crippen LogP contribution in [0.2, 0.25) is 4.34 Å². The predicted molar refractivity (Wildman–Crippen MR) is 68.2 cm³/mol. The first kappa shape index (κ1) is 13.1. The maximum Gasteiger partial charge on any atom is 0.161 e. The summed E-state index contributed by atoms with van der Waals surface area (Å²) in [6.07, 6.45) is 0. The molecule has 1 aromatic carbocycles. The molecule has 2 aromatic rings. The van der Waals surface area contributed by atoms with Crippen molar-refractivity contribution in [1.29, 1.82) is 0 Å². The molecule has 96 valence electrons. The maximum atomic E-state index is 9.03. The van der Waals surface area contributed by atoms with E-state index in [0.29, 0.717) is 21.5 Å². The summed E-state index contributed by atoms with van der Waals surface area (Å²) < 4.78 is 15.0. The lowest BCUT2D eigenvalue weighted by Crippen LogP contribution is -1.99. The zero-order valence-electron chi connectivity index (χ0n) is 9.59. The lowest BCUT2D eigenvalue weighted by Gasteiger charge is -2.10. The fourth-order valence-electron chi connectivity index (χ4n) is 1.36. The molecule has 0 aliphatic rings. The van der Waals surface area contributed by atoms with Gasteiger partial charge in [-0.1, -0.05) is 22.2 Å². The smallest absolute Gasteiger partial charge is 0.161 e. The van der Waals surface area contributed by atoms with Gasteiger partial charge in [0, 0.05) is 11.5 Å². The van der Waals surface area contributed by atoms with Crippen LogP contribution in [0, 0.1) is 0 Å². The Balaban J connectivity index is 2.11. The number of ether oxygens (including phenoxy) is 2. The zero-order chi connectivity index (χ0) is 13.0. The minimum Gasteiger partial charge on any atom is -0.493 e. The number of rotatable bonds is 5. The van der Waals surface area contributed by atoms with E-state index in [2.05, 4.69) is 9.59 Å². The standard InChI is InChI=1S/C11H11ClN2O3S/c1-16-10-4-7(5-15)2-3-9(10)17-6-8-11(12)18-14-13-8/h2-4,15H,5-6H2,1H3. The van der Waals surface area contributed by atoms with Crippen molar-refractivity contribution < 1.29 is 14.6 Å². The van der Waals surface area contributed by atoms with Crippen molar-refractivity contribution in [2.75, 3.05) is 7.11 Å². The summed E-state index contributed by atoms with van der Waals surface area (Å²) in [5, 5.41) is 12.9. The number of hydrogen-bond donors (Lipinski definition) is 1. The molecule has 5 nitrogen and oxygen atoms in total. The van der Waals surface area contributed by atoms with E-state index in [9.17, 15) is 0 Å². The van der Waals surface area contributed by atoms with Crippen LogP contribution in [0.1, 0.15) is 11.3 Å². The Morgan fingerprint density at radius 2 is 2.22 bits per heavy atom. The van der Waals surface area contributed by atoms with E-state index in [0.717, 1.165) is 17.1 Å². The lowest BCUT2D eigenvalue weighted by atomic mass is 10.2. The number of aliphatic hydroxyl groups excluding tert-OH is 1. The van der Waals surface area contributed by atoms with Crippen molar-refractivity contribution in [1.82, 2.24) is 9.59 Å². The van der Waals surface area contributed by atoms with Gasteiger partial charge in [-0.2, -0.15) is 0 Å². The van der Waals surface area contributed by atoms with Gasteiger partial charge >= 0.3 is 0 Å². The van der Waals surface area contributed by atoms with E-state index < -0.39 is 0 Å². The van der Waals surface area contributed by atoms with Crippen LogP contribution in [0.25, 0.3) is 0 Å². The fraction of sp³-hybridized carbons (Fsp3) is 0.273. The van der Waals surface area contributed by atoms with Gasteiger partial charge in [0.25, 0.3) is 0 Å². The van der Waals surface area contributed by atoms with E-state index in [4.69, 9.17) is 26.2 Å². The molecule has 0 unspecified atom stereocenters. The third-order valence-corrected chi connectivity index (χ3v) is 3.27. The summed E-state index contributed by atoms with van der Waals surface area (Å²) >= 11 is 6.99. The normalized spacial score (nSPS) is 10.4. The second kappa shape index (κ2) is 5.99. The van der Waals surface area contributed by atoms with Crippen molar-refractivity contribution >= 4 is 23.1 Å². The average molecular weight is 287 g/mol. The Labute approximate surface area is 113 Å². The van der Waals surface area contributed by atoms with Crippen LogP contribution < -0.4 is 9.47 Å². The largest absolute Gasteiger partial charge is 0.493 e. The van der Waals surface area contributed by atoms with Gasteiger partial charge in [-0.3, -0.25) is 0 Å². The maximum absolute atomic E-state index is 9.03. The topological polar surface area (TPSA) is 64.5 Å². The van der Waals surface area contributed by atoms with E-state index in [-0.39, 0.29) is 13.2 Å². The molecule has 2 rings (SSSR count). The quantitative estimate of drug-likeness (QED) is 0.913. The zero-order valence-corrected chi connectivity index (χ0v) is 11.2. The molecule has 0 radical (unpaired) electrons. The second-order valence-electron chi connectivity index (χ2n) is 3.43. The molecule has 0 fully saturated rings. The van der Waals surface area contributed by atoms with Gasteiger partial charge in [0.1, 0.15) is 16.6 Å². The van der Waals surface area contributed by atoms with Gasteiger partial charge in [0.15, 0.2) is 11.5 Å². The third-order valence-electron chi connectivity index (χ3n) is 2.28. The third kappa shape index (κ3) is 2.90. The van der Waals surface area contributed by atoms with E-state index in [1.54, 1.807) is 25.3 Å². The molecule has 0 aliphatic heterocycles. The van der Waals surface area contributed by atoms with Gasteiger partial charge in [-0.15, -0.1) is 5.10 Å². The number of nitrogens with zero attached hydrogens (tertiary/aromatic N) is 2. The van der Waals surface area contributed by atoms with Crippen molar-refractivity contribution in [2.24, 2.45) is 0 Å². The van der Waals surface area contributed by atoms with Crippen LogP contribution in [-0.2, 0) is 13.2 Å². The Kier molecular flexibility index (Phi) is 4.35. The highest BCUT2D eigenvalue weighted by Gasteiger charge is 2.09. The molecule has 1 aromatic heterocycles. The highest BCUT2D eigenvalue weighted by atomic mass is 35.5. The Morgan fingerprint density at radius 1 is 1.39 bits per heavy atom. The number of halogens is 1. The average Bonchev–Trinajstić information content (AvgIpc) is 2.81. The van der Waals surface area contributed by atoms with Gasteiger partial charge < -0.3 is 14.6 Å². The first-order valence-electron chi connectivity index (χ1n) is 5.12. The number of methoxy groups -OCH3 is 1. The molecule has 0 bridgehead atoms. The number of benzene rings is 1. The van der Waals surface area contributed by atoms with E-state index >= 15 is 0 Å². The summed E-state index contributed by atoms with van der Waals surface area (Å²) in [5.74, 6) is 1.12. The molecule has 0 atom stereocenters. The van der Waals surface area contributed by atoms with Gasteiger partial charge in [0.2, 0.25) is 0 Å². The summed E-state index contributed by atoms with van der Waals surface area (Å²) in [7, 11) is 1.54. The SMILES string of the molecule is COc1cc(CO)ccc1OCc1nnsc1Cl. The van der Waals surface area contributed by atoms with Crippen molar-refractivity contribution in [2.45, 2.75) is 13.2 Å². The molecule has 1 heterocycles. The van der Waals surface area contributed by atoms with Gasteiger partial charge in [-0.25, -0.2) is 0 Å². The minimum atomic E-state index is -0.0432. The molecule has 18 heavy (non-hydrogen) atoms. The van der Waals surface area contributed by atoms with E-state index in [1.165, 1.54) is 0 Å². The Hall–Kier alpha value is -1.37. The monoisotopic (exact) mass is 286 g/mol. The predicted octanol–water partition coefficient (Wildman–Crippen LogP) is 2.27. The number of aromatic nitrogens is 2. The molecular weight excluding hydrogens is 276 g/mol. The van der Waals surface area contributed by atoms with Crippen LogP contribution in [0.4, 0.5) is 0 Å². The summed E-state index contributed by atoms with van der Waals surface area (Å²) in [6.45, 7) is 0.183. The highest BCUT2D eigenvalue weighted by molar-refractivity contribution is 7.10. The summed E-state index contributed by atoms with van der Waals surface area (Å²) in [4.78, 5) is 0. The first-order valence-corrected chi connectivity index (χ1v) is 6.27. The van der Waals surface area contributed by atoms with Crippen molar-refractivity contribution in [3.05, 3.63) is 33.8 Å². The molecule has 0 saturated heterocycles. The van der Waals surface area contributed by atoms with Crippen molar-refractivity contribution in [3.63, 3.8) is 0 Å². The fourth-order valence-corrected chi connectivity index (χ4v) is 1.96. The van der Waals surface area contributed by atoms with Gasteiger partial charge in [-0.05, 0) is 17.7 Å². The molecule has 0 aliphatic carbocycles. The number of hydrogen-bond acceptors (Lipinski definition) is 6. The van der Waals surface area contributed by atoms with E-state index in [1.807, 2.05) is 0 Å². The van der Waals surface area contributed by atoms with Crippen molar-refractivity contribution in [3.8, 4) is 11.5 Å². The number of aliphatic hydroxyl groups is 1. The summed E-state index contributed by atoms with van der Waals surface area (Å²) in [6, 6.07) is 5.22. The van der Waals surface area contributed by atoms with Gasteiger partial charge in [0.05, 0.1) is 13.7 Å². The minimum absolute atomic E-state index is 0.0432. The van der Waals surface area contributed by atoms with Crippen LogP contribution in [-0.4, -0.2) is 21.8 Å². The molecule has 0 spiro atoms. The summed E-state index contributed by atoms with van der Waals surface area (Å²) in [5.41, 5.74) is 1.35. The molecule has 0 saturated carbocycles. The Morgan fingerprint density at radius 3 is 2.83 bits per heavy atom. The van der Waals surface area contributed by atoms with Crippen LogP contribution >= 0.6 is 23.1 Å². The second-order valence-corrected chi connectivity index (χ2v) is 4.78. The molecule has 0 amide bonds. The molecule has 1 N–H and O–H groups in total. The first-order chi connectivity index (χ1) is 8.74.